The van der Waals surface area contributed by atoms with Crippen LogP contribution in [-0.2, 0) is 7.05 Å². The number of fused-ring (bicyclic) bond motifs is 1. The van der Waals surface area contributed by atoms with Crippen molar-refractivity contribution < 1.29 is 15.0 Å². The van der Waals surface area contributed by atoms with Crippen LogP contribution in [0, 0.1) is 0 Å². The normalized spacial score (nSPS) is 11.0. The molecule has 2 heterocycles. The molecule has 3 N–H and O–H groups in total. The third-order valence-corrected chi connectivity index (χ3v) is 3.04. The highest BCUT2D eigenvalue weighted by atomic mass is 16.4. The summed E-state index contributed by atoms with van der Waals surface area (Å²) < 4.78 is 1.33. The lowest BCUT2D eigenvalue weighted by molar-refractivity contribution is 0.0685. The number of hydrogen-bond acceptors (Lipinski definition) is 3. The molecule has 0 atom stereocenters. The second kappa shape index (κ2) is 3.88. The van der Waals surface area contributed by atoms with Crippen molar-refractivity contribution in [3.63, 3.8) is 0 Å². The topological polar surface area (TPSA) is 91.1 Å². The van der Waals surface area contributed by atoms with E-state index in [4.69, 9.17) is 5.11 Å². The van der Waals surface area contributed by atoms with Crippen LogP contribution >= 0.6 is 0 Å². The number of hydrogen-bond donors (Lipinski definition) is 3. The molecule has 0 aliphatic rings. The Morgan fingerprint density at radius 1 is 1.37 bits per heavy atom. The van der Waals surface area contributed by atoms with Gasteiger partial charge in [-0.25, -0.2) is 4.79 Å². The smallest absolute Gasteiger partial charge is 0.354 e. The van der Waals surface area contributed by atoms with Crippen molar-refractivity contribution in [2.45, 2.75) is 0 Å². The van der Waals surface area contributed by atoms with Crippen molar-refractivity contribution in [2.75, 3.05) is 0 Å². The van der Waals surface area contributed by atoms with Crippen LogP contribution in [0.2, 0.25) is 0 Å². The number of carbonyl (C=O) groups is 1. The van der Waals surface area contributed by atoms with E-state index < -0.39 is 5.97 Å². The number of nitrogens with zero attached hydrogens (tertiary/aromatic N) is 2. The lowest BCUT2D eigenvalue weighted by Gasteiger charge is -1.95. The van der Waals surface area contributed by atoms with E-state index in [0.29, 0.717) is 5.69 Å². The number of aromatic carboxylic acids is 1. The Labute approximate surface area is 107 Å². The zero-order valence-corrected chi connectivity index (χ0v) is 10.1. The summed E-state index contributed by atoms with van der Waals surface area (Å²) >= 11 is 0. The van der Waals surface area contributed by atoms with Gasteiger partial charge < -0.3 is 15.2 Å². The van der Waals surface area contributed by atoms with Crippen LogP contribution < -0.4 is 0 Å². The fourth-order valence-electron chi connectivity index (χ4n) is 2.13. The van der Waals surface area contributed by atoms with Crippen LogP contribution in [0.5, 0.6) is 5.75 Å². The van der Waals surface area contributed by atoms with Gasteiger partial charge in [0, 0.05) is 35.8 Å². The second-order valence-electron chi connectivity index (χ2n) is 4.28. The molecule has 2 aromatic heterocycles. The molecule has 0 amide bonds. The first kappa shape index (κ1) is 11.3. The molecular weight excluding hydrogens is 246 g/mol. The summed E-state index contributed by atoms with van der Waals surface area (Å²) in [4.78, 5) is 14.0. The molecule has 6 nitrogen and oxygen atoms in total. The van der Waals surface area contributed by atoms with E-state index >= 15 is 0 Å². The van der Waals surface area contributed by atoms with Crippen LogP contribution in [0.15, 0.2) is 30.5 Å². The van der Waals surface area contributed by atoms with Gasteiger partial charge in [-0.05, 0) is 18.2 Å². The molecule has 0 aliphatic carbocycles. The van der Waals surface area contributed by atoms with Crippen molar-refractivity contribution in [3.05, 3.63) is 36.2 Å². The van der Waals surface area contributed by atoms with E-state index in [2.05, 4.69) is 10.1 Å². The summed E-state index contributed by atoms with van der Waals surface area (Å²) in [5.41, 5.74) is 2.29. The first-order chi connectivity index (χ1) is 9.06. The molecule has 3 rings (SSSR count). The van der Waals surface area contributed by atoms with Gasteiger partial charge in [-0.3, -0.25) is 4.68 Å². The number of aryl methyl sites for hydroxylation is 1. The number of phenolic OH excluding ortho intramolecular Hbond substituents is 1. The lowest BCUT2D eigenvalue weighted by atomic mass is 10.1. The van der Waals surface area contributed by atoms with E-state index in [-0.39, 0.29) is 11.4 Å². The van der Waals surface area contributed by atoms with Crippen LogP contribution in [0.3, 0.4) is 0 Å². The van der Waals surface area contributed by atoms with Crippen LogP contribution in [-0.4, -0.2) is 30.9 Å². The third-order valence-electron chi connectivity index (χ3n) is 3.04. The molecule has 0 fully saturated rings. The number of benzene rings is 1. The molecule has 0 saturated carbocycles. The van der Waals surface area contributed by atoms with E-state index in [9.17, 15) is 9.90 Å². The second-order valence-corrected chi connectivity index (χ2v) is 4.28. The number of carboxylic acid groups (broad SMARTS) is 1. The van der Waals surface area contributed by atoms with Crippen LogP contribution in [0.1, 0.15) is 10.5 Å². The highest BCUT2D eigenvalue weighted by Crippen LogP contribution is 2.30. The number of nitrogens with one attached hydrogen (secondary N) is 1. The van der Waals surface area contributed by atoms with Crippen molar-refractivity contribution in [2.24, 2.45) is 7.05 Å². The van der Waals surface area contributed by atoms with Gasteiger partial charge in [0.25, 0.3) is 0 Å². The molecule has 0 bridgehead atoms. The summed E-state index contributed by atoms with van der Waals surface area (Å²) in [5, 5.41) is 23.5. The zero-order chi connectivity index (χ0) is 13.6. The molecule has 1 aromatic carbocycles. The third kappa shape index (κ3) is 1.74. The van der Waals surface area contributed by atoms with Gasteiger partial charge in [0.2, 0.25) is 0 Å². The van der Waals surface area contributed by atoms with Gasteiger partial charge in [-0.15, -0.1) is 0 Å². The molecule has 6 heteroatoms. The standard InChI is InChI=1S/C13H11N3O3/c1-16-12(13(18)19)5-11(15-16)9-6-14-10-4-7(17)2-3-8(9)10/h2-6,14,17H,1H3,(H,18,19). The van der Waals surface area contributed by atoms with Crippen molar-refractivity contribution in [1.29, 1.82) is 0 Å². The SMILES string of the molecule is Cn1nc(-c2c[nH]c3cc(O)ccc23)cc1C(=O)O. The molecule has 0 saturated heterocycles. The van der Waals surface area contributed by atoms with E-state index in [0.717, 1.165) is 16.5 Å². The van der Waals surface area contributed by atoms with Crippen molar-refractivity contribution in [1.82, 2.24) is 14.8 Å². The molecular formula is C13H11N3O3. The first-order valence-corrected chi connectivity index (χ1v) is 5.64. The summed E-state index contributed by atoms with van der Waals surface area (Å²) in [7, 11) is 1.59. The Balaban J connectivity index is 2.19. The molecule has 19 heavy (non-hydrogen) atoms. The maximum atomic E-state index is 11.0. The van der Waals surface area contributed by atoms with Gasteiger partial charge in [0.15, 0.2) is 0 Å². The monoisotopic (exact) mass is 257 g/mol. The molecule has 0 spiro atoms. The molecule has 3 aromatic rings. The average Bonchev–Trinajstić information content (AvgIpc) is 2.91. The maximum Gasteiger partial charge on any atom is 0.354 e. The first-order valence-electron chi connectivity index (χ1n) is 5.64. The quantitative estimate of drug-likeness (QED) is 0.654. The summed E-state index contributed by atoms with van der Waals surface area (Å²) in [6.07, 6.45) is 1.75. The molecule has 0 radical (unpaired) electrons. The van der Waals surface area contributed by atoms with Crippen molar-refractivity contribution in [3.8, 4) is 17.0 Å². The Bertz CT molecular complexity index is 786. The number of H-pyrrole nitrogens is 1. The number of carboxylic acids is 1. The van der Waals surface area contributed by atoms with Crippen LogP contribution in [0.4, 0.5) is 0 Å². The Hall–Kier alpha value is -2.76. The average molecular weight is 257 g/mol. The molecule has 96 valence electrons. The number of phenols is 1. The predicted octanol–water partition coefficient (Wildman–Crippen LogP) is 1.97. The van der Waals surface area contributed by atoms with E-state index in [1.165, 1.54) is 10.7 Å². The van der Waals surface area contributed by atoms with Gasteiger partial charge in [0.1, 0.15) is 11.4 Å². The van der Waals surface area contributed by atoms with E-state index in [1.807, 2.05) is 0 Å². The fraction of sp³-hybridized carbons (Fsp3) is 0.0769. The minimum absolute atomic E-state index is 0.128. The minimum atomic E-state index is -1.02. The zero-order valence-electron chi connectivity index (χ0n) is 10.1. The summed E-state index contributed by atoms with van der Waals surface area (Å²) in [6, 6.07) is 6.49. The van der Waals surface area contributed by atoms with Gasteiger partial charge >= 0.3 is 5.97 Å². The molecule has 0 aliphatic heterocycles. The Morgan fingerprint density at radius 3 is 2.84 bits per heavy atom. The number of rotatable bonds is 2. The van der Waals surface area contributed by atoms with Gasteiger partial charge in [-0.2, -0.15) is 5.10 Å². The minimum Gasteiger partial charge on any atom is -0.508 e. The maximum absolute atomic E-state index is 11.0. The largest absolute Gasteiger partial charge is 0.508 e. The number of aromatic amines is 1. The highest BCUT2D eigenvalue weighted by molar-refractivity contribution is 5.96. The lowest BCUT2D eigenvalue weighted by Crippen LogP contribution is -2.04. The Kier molecular flexibility index (Phi) is 2.31. The summed E-state index contributed by atoms with van der Waals surface area (Å²) in [5.74, 6) is -0.841. The van der Waals surface area contributed by atoms with E-state index in [1.54, 1.807) is 31.4 Å². The number of aromatic hydroxyl groups is 1. The van der Waals surface area contributed by atoms with Crippen LogP contribution in [0.25, 0.3) is 22.2 Å². The van der Waals surface area contributed by atoms with Gasteiger partial charge in [0.05, 0.1) is 5.69 Å². The van der Waals surface area contributed by atoms with Gasteiger partial charge in [-0.1, -0.05) is 0 Å². The van der Waals surface area contributed by atoms with Crippen molar-refractivity contribution >= 4 is 16.9 Å². The predicted molar refractivity (Wildman–Crippen MR) is 69.1 cm³/mol. The fourth-order valence-corrected chi connectivity index (χ4v) is 2.13. The molecule has 0 unspecified atom stereocenters. The Morgan fingerprint density at radius 2 is 2.16 bits per heavy atom. The number of aromatic nitrogens is 3. The highest BCUT2D eigenvalue weighted by Gasteiger charge is 2.15. The summed E-state index contributed by atoms with van der Waals surface area (Å²) in [6.45, 7) is 0.